The Hall–Kier alpha value is -3.42. The van der Waals surface area contributed by atoms with Crippen molar-refractivity contribution in [2.24, 2.45) is 5.18 Å². The van der Waals surface area contributed by atoms with E-state index in [0.29, 0.717) is 16.7 Å². The lowest BCUT2D eigenvalue weighted by atomic mass is 9.99. The molecule has 8 nitrogen and oxygen atoms in total. The van der Waals surface area contributed by atoms with Crippen LogP contribution in [-0.4, -0.2) is 22.8 Å². The summed E-state index contributed by atoms with van der Waals surface area (Å²) >= 11 is 0. The number of nitrogens with zero attached hydrogens (tertiary/aromatic N) is 3. The molecule has 1 aromatic carbocycles. The summed E-state index contributed by atoms with van der Waals surface area (Å²) in [6.45, 7) is 1.33. The molecule has 0 aliphatic heterocycles. The summed E-state index contributed by atoms with van der Waals surface area (Å²) in [7, 11) is 1.49. The Morgan fingerprint density at radius 2 is 2.12 bits per heavy atom. The minimum Gasteiger partial charge on any atom is -0.361 e. The second-order valence-electron chi connectivity index (χ2n) is 5.51. The lowest BCUT2D eigenvalue weighted by molar-refractivity contribution is -0.118. The molecule has 8 heteroatoms. The lowest BCUT2D eigenvalue weighted by Gasteiger charge is -2.12. The lowest BCUT2D eigenvalue weighted by Crippen LogP contribution is -2.33. The fourth-order valence-electron chi connectivity index (χ4n) is 2.52. The smallest absolute Gasteiger partial charge is 0.361 e. The van der Waals surface area contributed by atoms with E-state index in [1.807, 2.05) is 18.2 Å². The summed E-state index contributed by atoms with van der Waals surface area (Å²) < 4.78 is 5.07. The Morgan fingerprint density at radius 3 is 2.76 bits per heavy atom. The maximum absolute atomic E-state index is 12.1. The van der Waals surface area contributed by atoms with E-state index < -0.39 is 5.63 Å². The molecule has 0 spiro atoms. The van der Waals surface area contributed by atoms with Gasteiger partial charge in [0.15, 0.2) is 0 Å². The number of hydrogen-bond donors (Lipinski definition) is 1. The zero-order chi connectivity index (χ0) is 18.0. The molecule has 2 aromatic heterocycles. The van der Waals surface area contributed by atoms with Crippen LogP contribution in [0.1, 0.15) is 12.5 Å². The predicted molar refractivity (Wildman–Crippen MR) is 92.5 cm³/mol. The number of nitroso groups, excluding NO2 is 1. The largest absolute Gasteiger partial charge is 0.367 e. The van der Waals surface area contributed by atoms with Crippen molar-refractivity contribution in [1.29, 1.82) is 0 Å². The van der Waals surface area contributed by atoms with E-state index in [2.05, 4.69) is 10.2 Å². The van der Waals surface area contributed by atoms with Crippen LogP contribution in [0.2, 0.25) is 0 Å². The summed E-state index contributed by atoms with van der Waals surface area (Å²) in [6.07, 6.45) is 3.22. The third kappa shape index (κ3) is 3.14. The van der Waals surface area contributed by atoms with Gasteiger partial charge in [-0.1, -0.05) is 17.3 Å². The number of carbonyl (C=O) groups is 1. The molecule has 25 heavy (non-hydrogen) atoms. The van der Waals surface area contributed by atoms with Crippen molar-refractivity contribution in [1.82, 2.24) is 9.83 Å². The fourth-order valence-corrected chi connectivity index (χ4v) is 2.52. The second-order valence-corrected chi connectivity index (χ2v) is 5.51. The SMILES string of the molecule is CC(=O)N(C)n1cc(-c2ccc(-c3ccc[nH]3)c(CN=O)c2)c(=O)o1. The van der Waals surface area contributed by atoms with Crippen LogP contribution in [-0.2, 0) is 11.3 Å². The first-order valence-electron chi connectivity index (χ1n) is 7.55. The van der Waals surface area contributed by atoms with Crippen LogP contribution in [0.5, 0.6) is 0 Å². The third-order valence-corrected chi connectivity index (χ3v) is 3.93. The Kier molecular flexibility index (Phi) is 4.34. The zero-order valence-corrected chi connectivity index (χ0v) is 13.7. The highest BCUT2D eigenvalue weighted by atomic mass is 16.6. The average Bonchev–Trinajstić information content (AvgIpc) is 3.24. The molecule has 3 rings (SSSR count). The molecule has 0 fully saturated rings. The molecule has 0 bridgehead atoms. The van der Waals surface area contributed by atoms with Gasteiger partial charge < -0.3 is 9.51 Å². The molecule has 0 aliphatic rings. The molecule has 0 aliphatic carbocycles. The van der Waals surface area contributed by atoms with Gasteiger partial charge in [0.1, 0.15) is 6.54 Å². The van der Waals surface area contributed by atoms with Gasteiger partial charge in [0, 0.05) is 31.4 Å². The number of H-pyrrole nitrogens is 1. The van der Waals surface area contributed by atoms with Crippen LogP contribution in [0.3, 0.4) is 0 Å². The van der Waals surface area contributed by atoms with Gasteiger partial charge >= 0.3 is 5.63 Å². The van der Waals surface area contributed by atoms with Gasteiger partial charge in [0.05, 0.1) is 11.8 Å². The van der Waals surface area contributed by atoms with Crippen molar-refractivity contribution in [2.45, 2.75) is 13.5 Å². The van der Waals surface area contributed by atoms with Crippen molar-refractivity contribution in [2.75, 3.05) is 12.1 Å². The quantitative estimate of drug-likeness (QED) is 0.721. The highest BCUT2D eigenvalue weighted by Gasteiger charge is 2.16. The average molecular weight is 340 g/mol. The third-order valence-electron chi connectivity index (χ3n) is 3.93. The maximum Gasteiger partial charge on any atom is 0.367 e. The molecule has 1 amide bonds. The van der Waals surface area contributed by atoms with Crippen molar-refractivity contribution in [3.8, 4) is 22.4 Å². The molecular weight excluding hydrogens is 324 g/mol. The number of aromatic amines is 1. The minimum atomic E-state index is -0.578. The number of carbonyl (C=O) groups excluding carboxylic acids is 1. The predicted octanol–water partition coefficient (Wildman–Crippen LogP) is 2.48. The molecular formula is C17H16N4O4. The second kappa shape index (κ2) is 6.60. The molecule has 1 N–H and O–H groups in total. The minimum absolute atomic E-state index is 0.0262. The normalized spacial score (nSPS) is 10.6. The summed E-state index contributed by atoms with van der Waals surface area (Å²) in [4.78, 5) is 38.5. The Morgan fingerprint density at radius 1 is 1.32 bits per heavy atom. The number of hydrogen-bond acceptors (Lipinski definition) is 5. The molecule has 0 radical (unpaired) electrons. The van der Waals surface area contributed by atoms with E-state index in [4.69, 9.17) is 4.52 Å². The highest BCUT2D eigenvalue weighted by Crippen LogP contribution is 2.27. The molecule has 0 saturated heterocycles. The van der Waals surface area contributed by atoms with Crippen LogP contribution in [0.25, 0.3) is 22.4 Å². The standard InChI is InChI=1S/C17H16N4O4/c1-11(22)20(2)21-10-15(17(23)25-21)12-5-6-14(13(8-12)9-19-24)16-4-3-7-18-16/h3-8,10,18H,9H2,1-2H3. The first-order valence-corrected chi connectivity index (χ1v) is 7.55. The summed E-state index contributed by atoms with van der Waals surface area (Å²) in [6, 6.07) is 9.04. The molecule has 0 unspecified atom stereocenters. The molecule has 0 atom stereocenters. The van der Waals surface area contributed by atoms with Gasteiger partial charge in [-0.2, -0.15) is 4.91 Å². The number of rotatable bonds is 5. The Labute approximate surface area is 142 Å². The first kappa shape index (κ1) is 16.4. The monoisotopic (exact) mass is 340 g/mol. The summed E-state index contributed by atoms with van der Waals surface area (Å²) in [5.41, 5.74) is 2.66. The number of benzene rings is 1. The number of amides is 1. The van der Waals surface area contributed by atoms with Crippen LogP contribution >= 0.6 is 0 Å². The summed E-state index contributed by atoms with van der Waals surface area (Å²) in [5.74, 6) is -0.279. The molecule has 128 valence electrons. The Balaban J connectivity index is 2.07. The van der Waals surface area contributed by atoms with Gasteiger partial charge in [-0.05, 0) is 29.3 Å². The molecule has 0 saturated carbocycles. The first-order chi connectivity index (χ1) is 12.0. The van der Waals surface area contributed by atoms with Gasteiger partial charge in [-0.25, -0.2) is 9.80 Å². The van der Waals surface area contributed by atoms with Crippen molar-refractivity contribution < 1.29 is 9.32 Å². The van der Waals surface area contributed by atoms with Crippen LogP contribution in [0.4, 0.5) is 0 Å². The van der Waals surface area contributed by atoms with E-state index in [1.54, 1.807) is 18.3 Å². The van der Waals surface area contributed by atoms with E-state index >= 15 is 0 Å². The van der Waals surface area contributed by atoms with Crippen molar-refractivity contribution in [3.05, 3.63) is 63.6 Å². The molecule has 2 heterocycles. The molecule has 3 aromatic rings. The van der Waals surface area contributed by atoms with Gasteiger partial charge in [-0.15, -0.1) is 4.85 Å². The van der Waals surface area contributed by atoms with Gasteiger partial charge in [-0.3, -0.25) is 4.79 Å². The van der Waals surface area contributed by atoms with Crippen LogP contribution in [0, 0.1) is 4.91 Å². The van der Waals surface area contributed by atoms with E-state index in [9.17, 15) is 14.5 Å². The fraction of sp³-hybridized carbons (Fsp3) is 0.176. The van der Waals surface area contributed by atoms with E-state index in [-0.39, 0.29) is 12.5 Å². The topological polar surface area (TPSA) is 101 Å². The summed E-state index contributed by atoms with van der Waals surface area (Å²) in [5, 5.41) is 4.14. The number of aromatic nitrogens is 2. The highest BCUT2D eigenvalue weighted by molar-refractivity contribution is 5.82. The van der Waals surface area contributed by atoms with Crippen molar-refractivity contribution in [3.63, 3.8) is 0 Å². The van der Waals surface area contributed by atoms with Gasteiger partial charge in [0.25, 0.3) is 0 Å². The van der Waals surface area contributed by atoms with Crippen molar-refractivity contribution >= 4 is 5.91 Å². The van der Waals surface area contributed by atoms with E-state index in [0.717, 1.165) is 16.1 Å². The van der Waals surface area contributed by atoms with Gasteiger partial charge in [0.2, 0.25) is 5.91 Å². The zero-order valence-electron chi connectivity index (χ0n) is 13.7. The van der Waals surface area contributed by atoms with E-state index in [1.165, 1.54) is 25.2 Å². The van der Waals surface area contributed by atoms with Crippen LogP contribution in [0.15, 0.2) is 57.2 Å². The van der Waals surface area contributed by atoms with Crippen LogP contribution < -0.4 is 10.6 Å². The number of nitrogens with one attached hydrogen (secondary N) is 1. The Bertz CT molecular complexity index is 969. The maximum atomic E-state index is 12.1.